The second kappa shape index (κ2) is 27.2. The number of hydrogen-bond donors (Lipinski definition) is 2. The Labute approximate surface area is 340 Å². The van der Waals surface area contributed by atoms with Crippen molar-refractivity contribution in [1.29, 1.82) is 0 Å². The Bertz CT molecular complexity index is 1420. The first-order chi connectivity index (χ1) is 27.5. The molecular weight excluding hydrogens is 693 g/mol. The van der Waals surface area contributed by atoms with Crippen molar-refractivity contribution in [2.24, 2.45) is 0 Å². The molecule has 56 heavy (non-hydrogen) atoms. The van der Waals surface area contributed by atoms with Gasteiger partial charge in [-0.25, -0.2) is 4.98 Å². The van der Waals surface area contributed by atoms with Crippen molar-refractivity contribution in [3.8, 4) is 0 Å². The smallest absolute Gasteiger partial charge is 0.245 e. The number of benzene rings is 2. The maximum Gasteiger partial charge on any atom is 0.245 e. The summed E-state index contributed by atoms with van der Waals surface area (Å²) in [7, 11) is 0. The molecule has 1 aliphatic heterocycles. The van der Waals surface area contributed by atoms with Gasteiger partial charge in [0.25, 0.3) is 0 Å². The molecule has 0 saturated carbocycles. The van der Waals surface area contributed by atoms with E-state index in [-0.39, 0.29) is 23.3 Å². The number of amides is 2. The van der Waals surface area contributed by atoms with Crippen molar-refractivity contribution in [3.63, 3.8) is 0 Å². The third kappa shape index (κ3) is 16.9. The number of rotatable bonds is 30. The van der Waals surface area contributed by atoms with Crippen LogP contribution in [0.25, 0.3) is 0 Å². The van der Waals surface area contributed by atoms with E-state index < -0.39 is 6.04 Å². The topological polar surface area (TPSA) is 92.2 Å². The number of carbonyl (C=O) groups is 2. The van der Waals surface area contributed by atoms with Crippen molar-refractivity contribution in [1.82, 2.24) is 30.3 Å². The number of nitrogens with one attached hydrogen (secondary N) is 2. The fourth-order valence-electron chi connectivity index (χ4n) is 8.47. The fraction of sp³-hybridized carbons (Fsp3) is 0.667. The number of likely N-dealkylation sites (tertiary alicyclic amines) is 1. The van der Waals surface area contributed by atoms with E-state index in [0.717, 1.165) is 31.4 Å². The highest BCUT2D eigenvalue weighted by molar-refractivity contribution is 5.90. The lowest BCUT2D eigenvalue weighted by atomic mass is 9.72. The highest BCUT2D eigenvalue weighted by atomic mass is 16.2. The first-order valence-electron chi connectivity index (χ1n) is 22.7. The summed E-state index contributed by atoms with van der Waals surface area (Å²) < 4.78 is 1.90. The molecule has 2 heterocycles. The molecule has 0 spiro atoms. The lowest BCUT2D eigenvalue weighted by molar-refractivity contribution is -0.138. The van der Waals surface area contributed by atoms with Crippen molar-refractivity contribution in [2.45, 2.75) is 186 Å². The minimum absolute atomic E-state index is 0.00842. The zero-order chi connectivity index (χ0) is 39.5. The summed E-state index contributed by atoms with van der Waals surface area (Å²) in [5.41, 5.74) is 2.16. The Morgan fingerprint density at radius 3 is 1.70 bits per heavy atom. The normalized spacial score (nSPS) is 15.1. The molecule has 8 heteroatoms. The highest BCUT2D eigenvalue weighted by Gasteiger charge is 2.39. The number of nitrogens with zero attached hydrogens (tertiary/aromatic N) is 4. The number of carbonyl (C=O) groups excluding carboxylic acids is 2. The van der Waals surface area contributed by atoms with Crippen molar-refractivity contribution in [2.75, 3.05) is 19.6 Å². The fourth-order valence-corrected chi connectivity index (χ4v) is 8.47. The van der Waals surface area contributed by atoms with Crippen LogP contribution in [-0.2, 0) is 28.0 Å². The molecule has 1 aliphatic rings. The van der Waals surface area contributed by atoms with E-state index >= 15 is 0 Å². The van der Waals surface area contributed by atoms with E-state index in [9.17, 15) is 9.59 Å². The maximum absolute atomic E-state index is 14.1. The van der Waals surface area contributed by atoms with Crippen LogP contribution in [-0.4, -0.2) is 63.2 Å². The Morgan fingerprint density at radius 2 is 1.20 bits per heavy atom. The molecule has 3 aromatic rings. The Morgan fingerprint density at radius 1 is 0.696 bits per heavy atom. The van der Waals surface area contributed by atoms with Gasteiger partial charge >= 0.3 is 0 Å². The molecule has 1 saturated heterocycles. The summed E-state index contributed by atoms with van der Waals surface area (Å²) >= 11 is 0. The minimum Gasteiger partial charge on any atom is -0.343 e. The summed E-state index contributed by atoms with van der Waals surface area (Å²) in [4.78, 5) is 33.7. The summed E-state index contributed by atoms with van der Waals surface area (Å²) in [6, 6.07) is 19.6. The van der Waals surface area contributed by atoms with Crippen LogP contribution in [0.2, 0.25) is 0 Å². The molecule has 0 bridgehead atoms. The zero-order valence-electron chi connectivity index (χ0n) is 35.3. The predicted octanol–water partition coefficient (Wildman–Crippen LogP) is 10.4. The lowest BCUT2D eigenvalue weighted by Gasteiger charge is -2.43. The van der Waals surface area contributed by atoms with Gasteiger partial charge < -0.3 is 15.5 Å². The Hall–Kier alpha value is -3.52. The van der Waals surface area contributed by atoms with Crippen LogP contribution in [0.15, 0.2) is 73.3 Å². The molecule has 310 valence electrons. The third-order valence-electron chi connectivity index (χ3n) is 12.1. The SMILES string of the molecule is CCCCCCCCCCCCCCCCCCCCCCN[C@H](C)C(=O)N[C@@H](Cc1ccccc1)C(=O)N1CCC(Cn2cncn2)(c2ccccc2)CC1. The van der Waals surface area contributed by atoms with Crippen molar-refractivity contribution in [3.05, 3.63) is 84.4 Å². The number of unbranched alkanes of at least 4 members (excludes halogenated alkanes) is 19. The average molecular weight is 769 g/mol. The average Bonchev–Trinajstić information content (AvgIpc) is 3.74. The van der Waals surface area contributed by atoms with Crippen LogP contribution in [0, 0.1) is 0 Å². The quantitative estimate of drug-likeness (QED) is 0.0659. The molecule has 0 aliphatic carbocycles. The monoisotopic (exact) mass is 769 g/mol. The van der Waals surface area contributed by atoms with Gasteiger partial charge in [0, 0.05) is 24.9 Å². The lowest BCUT2D eigenvalue weighted by Crippen LogP contribution is -2.56. The van der Waals surface area contributed by atoms with Gasteiger partial charge in [-0.1, -0.05) is 190 Å². The number of hydrogen-bond acceptors (Lipinski definition) is 5. The van der Waals surface area contributed by atoms with Gasteiger partial charge in [0.05, 0.1) is 12.6 Å². The van der Waals surface area contributed by atoms with E-state index in [0.29, 0.717) is 26.1 Å². The zero-order valence-corrected chi connectivity index (χ0v) is 35.3. The second-order valence-electron chi connectivity index (χ2n) is 16.7. The van der Waals surface area contributed by atoms with Gasteiger partial charge in [0.15, 0.2) is 0 Å². The molecule has 0 unspecified atom stereocenters. The van der Waals surface area contributed by atoms with Crippen LogP contribution in [0.5, 0.6) is 0 Å². The molecule has 2 atom stereocenters. The molecule has 1 fully saturated rings. The van der Waals surface area contributed by atoms with Crippen LogP contribution >= 0.6 is 0 Å². The molecule has 2 aromatic carbocycles. The van der Waals surface area contributed by atoms with Crippen molar-refractivity contribution < 1.29 is 9.59 Å². The third-order valence-corrected chi connectivity index (χ3v) is 12.1. The summed E-state index contributed by atoms with van der Waals surface area (Å²) in [6.07, 6.45) is 32.8. The van der Waals surface area contributed by atoms with E-state index in [1.165, 1.54) is 128 Å². The molecule has 8 nitrogen and oxygen atoms in total. The van der Waals surface area contributed by atoms with E-state index in [1.807, 2.05) is 52.9 Å². The van der Waals surface area contributed by atoms with Gasteiger partial charge in [-0.15, -0.1) is 0 Å². The molecular formula is C48H76N6O2. The molecule has 0 radical (unpaired) electrons. The van der Waals surface area contributed by atoms with Gasteiger partial charge in [-0.2, -0.15) is 5.10 Å². The highest BCUT2D eigenvalue weighted by Crippen LogP contribution is 2.37. The van der Waals surface area contributed by atoms with E-state index in [4.69, 9.17) is 0 Å². The number of piperidine rings is 1. The maximum atomic E-state index is 14.1. The summed E-state index contributed by atoms with van der Waals surface area (Å²) in [6.45, 7) is 6.97. The van der Waals surface area contributed by atoms with Gasteiger partial charge in [-0.3, -0.25) is 14.3 Å². The second-order valence-corrected chi connectivity index (χ2v) is 16.7. The van der Waals surface area contributed by atoms with Gasteiger partial charge in [0.2, 0.25) is 11.8 Å². The first-order valence-corrected chi connectivity index (χ1v) is 22.7. The summed E-state index contributed by atoms with van der Waals surface area (Å²) in [5.74, 6) is -0.125. The minimum atomic E-state index is -0.617. The van der Waals surface area contributed by atoms with Gasteiger partial charge in [-0.05, 0) is 43.9 Å². The van der Waals surface area contributed by atoms with E-state index in [2.05, 4.69) is 51.9 Å². The standard InChI is InChI=1S/C48H76N6O2/c1-3-4-5-6-7-8-9-10-11-12-13-14-15-16-17-18-19-20-21-28-35-50-42(2)46(55)52-45(38-43-29-24-22-25-30-43)47(56)53-36-33-48(34-37-53,39-54-41-49-40-51-54)44-31-26-23-27-32-44/h22-27,29-32,40-42,45,50H,3-21,28,33-39H2,1-2H3,(H,52,55)/t42-,45+/m1/s1. The van der Waals surface area contributed by atoms with Crippen LogP contribution in [0.4, 0.5) is 0 Å². The van der Waals surface area contributed by atoms with E-state index in [1.54, 1.807) is 12.7 Å². The van der Waals surface area contributed by atoms with Crippen LogP contribution in [0.1, 0.15) is 166 Å². The molecule has 1 aromatic heterocycles. The Kier molecular flexibility index (Phi) is 21.9. The Balaban J connectivity index is 1.09. The molecule has 2 N–H and O–H groups in total. The predicted molar refractivity (Wildman–Crippen MR) is 232 cm³/mol. The van der Waals surface area contributed by atoms with Crippen molar-refractivity contribution >= 4 is 11.8 Å². The molecule has 4 rings (SSSR count). The largest absolute Gasteiger partial charge is 0.343 e. The van der Waals surface area contributed by atoms with Crippen LogP contribution < -0.4 is 10.6 Å². The van der Waals surface area contributed by atoms with Gasteiger partial charge in [0.1, 0.15) is 18.7 Å². The first kappa shape index (κ1) is 45.2. The number of aromatic nitrogens is 3. The summed E-state index contributed by atoms with van der Waals surface area (Å²) in [5, 5.41) is 11.0. The van der Waals surface area contributed by atoms with Crippen LogP contribution in [0.3, 0.4) is 0 Å². The molecule has 2 amide bonds.